The van der Waals surface area contributed by atoms with Crippen LogP contribution in [-0.4, -0.2) is 13.4 Å². The molecule has 1 aromatic carbocycles. The molecule has 70 valence electrons. The van der Waals surface area contributed by atoms with Crippen LogP contribution in [0.1, 0.15) is 5.56 Å². The summed E-state index contributed by atoms with van der Waals surface area (Å²) in [5.41, 5.74) is 1.13. The molecule has 0 saturated carbocycles. The molecule has 2 rings (SSSR count). The van der Waals surface area contributed by atoms with Crippen LogP contribution in [0.3, 0.4) is 0 Å². The van der Waals surface area contributed by atoms with Gasteiger partial charge in [0.2, 0.25) is 6.79 Å². The van der Waals surface area contributed by atoms with E-state index in [4.69, 9.17) is 15.4 Å². The predicted molar refractivity (Wildman–Crippen MR) is 46.4 cm³/mol. The van der Waals surface area contributed by atoms with Crippen molar-refractivity contribution in [2.45, 2.75) is 6.42 Å². The van der Waals surface area contributed by atoms with Gasteiger partial charge < -0.3 is 14.3 Å². The van der Waals surface area contributed by atoms with Gasteiger partial charge in [0.15, 0.2) is 11.5 Å². The molecule has 0 bridgehead atoms. The molecule has 4 heteroatoms. The second-order valence-electron chi connectivity index (χ2n) is 2.81. The fourth-order valence-corrected chi connectivity index (χ4v) is 1.27. The number of hydrogen-bond acceptors (Lipinski definition) is 4. The summed E-state index contributed by atoms with van der Waals surface area (Å²) < 4.78 is 10.4. The number of ether oxygens (including phenoxy) is 2. The summed E-state index contributed by atoms with van der Waals surface area (Å²) in [6.07, 6.45) is 0.785. The van der Waals surface area contributed by atoms with Crippen molar-refractivity contribution in [1.82, 2.24) is 0 Å². The van der Waals surface area contributed by atoms with Gasteiger partial charge in [-0.1, -0.05) is 6.07 Å². The molecular weight excluding hydrogens is 170 g/mol. The molecule has 1 heterocycles. The Hall–Kier alpha value is -1.26. The highest BCUT2D eigenvalue weighted by Gasteiger charge is 2.12. The van der Waals surface area contributed by atoms with Gasteiger partial charge in [-0.2, -0.15) is 0 Å². The lowest BCUT2D eigenvalue weighted by atomic mass is 10.1. The lowest BCUT2D eigenvalue weighted by molar-refractivity contribution is 0.141. The van der Waals surface area contributed by atoms with Crippen molar-refractivity contribution >= 4 is 0 Å². The van der Waals surface area contributed by atoms with E-state index in [1.807, 2.05) is 18.2 Å². The van der Waals surface area contributed by atoms with Crippen molar-refractivity contribution in [2.75, 3.05) is 13.4 Å². The molecule has 2 N–H and O–H groups in total. The van der Waals surface area contributed by atoms with E-state index in [0.29, 0.717) is 13.4 Å². The average molecular weight is 181 g/mol. The maximum Gasteiger partial charge on any atom is 0.231 e. The van der Waals surface area contributed by atoms with Gasteiger partial charge in [-0.05, 0) is 24.1 Å². The number of fused-ring (bicyclic) bond motifs is 1. The predicted octanol–water partition coefficient (Wildman–Crippen LogP) is 0.848. The minimum Gasteiger partial charge on any atom is -0.454 e. The summed E-state index contributed by atoms with van der Waals surface area (Å²) in [7, 11) is 0. The first-order valence-corrected chi connectivity index (χ1v) is 4.10. The minimum atomic E-state index is 0.312. The number of hydrogen-bond donors (Lipinski definition) is 1. The topological polar surface area (TPSA) is 53.7 Å². The van der Waals surface area contributed by atoms with Crippen molar-refractivity contribution in [2.24, 2.45) is 5.90 Å². The van der Waals surface area contributed by atoms with E-state index >= 15 is 0 Å². The van der Waals surface area contributed by atoms with Crippen LogP contribution in [0, 0.1) is 0 Å². The molecule has 0 spiro atoms. The van der Waals surface area contributed by atoms with Crippen molar-refractivity contribution < 1.29 is 14.3 Å². The maximum atomic E-state index is 5.22. The standard InChI is InChI=1S/C9H11NO3/c10-13-4-3-7-1-2-8-9(5-7)12-6-11-8/h1-2,5H,3-4,6,10H2. The Morgan fingerprint density at radius 1 is 1.31 bits per heavy atom. The van der Waals surface area contributed by atoms with E-state index in [2.05, 4.69) is 4.84 Å². The molecule has 0 aliphatic carbocycles. The zero-order valence-corrected chi connectivity index (χ0v) is 7.16. The Morgan fingerprint density at radius 3 is 3.00 bits per heavy atom. The van der Waals surface area contributed by atoms with Crippen LogP contribution in [0.4, 0.5) is 0 Å². The molecule has 4 nitrogen and oxygen atoms in total. The molecule has 1 aliphatic heterocycles. The van der Waals surface area contributed by atoms with Crippen molar-refractivity contribution in [3.63, 3.8) is 0 Å². The highest BCUT2D eigenvalue weighted by molar-refractivity contribution is 5.44. The second-order valence-corrected chi connectivity index (χ2v) is 2.81. The molecule has 0 amide bonds. The summed E-state index contributed by atoms with van der Waals surface area (Å²) in [4.78, 5) is 4.49. The van der Waals surface area contributed by atoms with E-state index in [9.17, 15) is 0 Å². The molecule has 1 aliphatic rings. The van der Waals surface area contributed by atoms with E-state index in [1.54, 1.807) is 0 Å². The minimum absolute atomic E-state index is 0.312. The zero-order valence-electron chi connectivity index (χ0n) is 7.16. The van der Waals surface area contributed by atoms with Crippen molar-refractivity contribution in [3.05, 3.63) is 23.8 Å². The van der Waals surface area contributed by atoms with E-state index in [1.165, 1.54) is 0 Å². The second kappa shape index (κ2) is 3.64. The van der Waals surface area contributed by atoms with E-state index in [0.717, 1.165) is 23.5 Å². The Morgan fingerprint density at radius 2 is 2.15 bits per heavy atom. The summed E-state index contributed by atoms with van der Waals surface area (Å²) in [5.74, 6) is 6.54. The Balaban J connectivity index is 2.12. The Bertz CT molecular complexity index is 301. The molecule has 0 radical (unpaired) electrons. The normalized spacial score (nSPS) is 13.3. The third kappa shape index (κ3) is 1.74. The van der Waals surface area contributed by atoms with Crippen molar-refractivity contribution in [1.29, 1.82) is 0 Å². The Kier molecular flexibility index (Phi) is 2.33. The van der Waals surface area contributed by atoms with Gasteiger partial charge in [0.05, 0.1) is 6.61 Å². The van der Waals surface area contributed by atoms with Gasteiger partial charge in [0, 0.05) is 0 Å². The molecule has 13 heavy (non-hydrogen) atoms. The van der Waals surface area contributed by atoms with Crippen LogP contribution in [0.15, 0.2) is 18.2 Å². The van der Waals surface area contributed by atoms with Crippen LogP contribution in [0.5, 0.6) is 11.5 Å². The largest absolute Gasteiger partial charge is 0.454 e. The van der Waals surface area contributed by atoms with E-state index < -0.39 is 0 Å². The summed E-state index contributed by atoms with van der Waals surface area (Å²) in [6.45, 7) is 0.825. The molecule has 0 aromatic heterocycles. The van der Waals surface area contributed by atoms with Crippen LogP contribution >= 0.6 is 0 Å². The number of benzene rings is 1. The van der Waals surface area contributed by atoms with Gasteiger partial charge in [0.1, 0.15) is 0 Å². The third-order valence-electron chi connectivity index (χ3n) is 1.95. The van der Waals surface area contributed by atoms with Crippen LogP contribution in [0.25, 0.3) is 0 Å². The number of nitrogens with two attached hydrogens (primary N) is 1. The van der Waals surface area contributed by atoms with Gasteiger partial charge in [0.25, 0.3) is 0 Å². The van der Waals surface area contributed by atoms with Gasteiger partial charge in [-0.3, -0.25) is 0 Å². The van der Waals surface area contributed by atoms with Crippen LogP contribution < -0.4 is 15.4 Å². The maximum absolute atomic E-state index is 5.22. The fourth-order valence-electron chi connectivity index (χ4n) is 1.27. The molecule has 0 saturated heterocycles. The lowest BCUT2D eigenvalue weighted by Gasteiger charge is -2.01. The van der Waals surface area contributed by atoms with Crippen molar-refractivity contribution in [3.8, 4) is 11.5 Å². The first-order valence-electron chi connectivity index (χ1n) is 4.10. The van der Waals surface area contributed by atoms with Gasteiger partial charge >= 0.3 is 0 Å². The summed E-state index contributed by atoms with van der Waals surface area (Å²) >= 11 is 0. The van der Waals surface area contributed by atoms with Gasteiger partial charge in [-0.15, -0.1) is 0 Å². The monoisotopic (exact) mass is 181 g/mol. The third-order valence-corrected chi connectivity index (χ3v) is 1.95. The summed E-state index contributed by atoms with van der Waals surface area (Å²) in [5, 5.41) is 0. The SMILES string of the molecule is NOCCc1ccc2c(c1)OCO2. The molecule has 0 unspecified atom stereocenters. The smallest absolute Gasteiger partial charge is 0.231 e. The molecule has 0 atom stereocenters. The Labute approximate surface area is 76.2 Å². The summed E-state index contributed by atoms with van der Waals surface area (Å²) in [6, 6.07) is 5.82. The zero-order chi connectivity index (χ0) is 9.10. The average Bonchev–Trinajstić information content (AvgIpc) is 2.61. The molecule has 0 fully saturated rings. The quantitative estimate of drug-likeness (QED) is 0.702. The van der Waals surface area contributed by atoms with Crippen LogP contribution in [-0.2, 0) is 11.3 Å². The fraction of sp³-hybridized carbons (Fsp3) is 0.333. The lowest BCUT2D eigenvalue weighted by Crippen LogP contribution is -2.03. The molecular formula is C9H11NO3. The first kappa shape index (κ1) is 8.34. The van der Waals surface area contributed by atoms with E-state index in [-0.39, 0.29) is 0 Å². The van der Waals surface area contributed by atoms with Gasteiger partial charge in [-0.25, -0.2) is 5.90 Å². The first-order chi connectivity index (χ1) is 6.40. The van der Waals surface area contributed by atoms with Crippen LogP contribution in [0.2, 0.25) is 0 Å². The highest BCUT2D eigenvalue weighted by Crippen LogP contribution is 2.32. The number of rotatable bonds is 3. The highest BCUT2D eigenvalue weighted by atomic mass is 16.7. The molecule has 1 aromatic rings.